The van der Waals surface area contributed by atoms with Crippen molar-refractivity contribution in [3.05, 3.63) is 152 Å². The van der Waals surface area contributed by atoms with Gasteiger partial charge in [0.25, 0.3) is 0 Å². The summed E-state index contributed by atoms with van der Waals surface area (Å²) in [5.41, 5.74) is 6.60. The molecule has 0 saturated heterocycles. The van der Waals surface area contributed by atoms with Crippen molar-refractivity contribution in [3.8, 4) is 39.3 Å². The van der Waals surface area contributed by atoms with Gasteiger partial charge in [-0.1, -0.05) is 121 Å². The fraction of sp³-hybridized carbons (Fsp3) is 0. The SMILES string of the molecule is [2H]c1c([2H])c([2H])c(-c2nc3ccccc3n2-c2c3ccccc3c(-c3ccc(-c4cccnc4)cc3)c3ccccc23)c([2H])c1[2H]. The average Bonchev–Trinajstić information content (AvgIpc) is 3.48. The molecule has 0 radical (unpaired) electrons. The van der Waals surface area contributed by atoms with Gasteiger partial charge in [0.2, 0.25) is 0 Å². The predicted octanol–water partition coefficient (Wildman–Crippen LogP) is 9.73. The van der Waals surface area contributed by atoms with Crippen LogP contribution in [-0.4, -0.2) is 14.5 Å². The van der Waals surface area contributed by atoms with E-state index in [4.69, 9.17) is 11.8 Å². The van der Waals surface area contributed by atoms with Crippen molar-refractivity contribution in [1.82, 2.24) is 14.5 Å². The molecule has 0 amide bonds. The number of imidazole rings is 1. The monoisotopic (exact) mass is 528 g/mol. The van der Waals surface area contributed by atoms with Gasteiger partial charge < -0.3 is 0 Å². The van der Waals surface area contributed by atoms with E-state index >= 15 is 0 Å². The third kappa shape index (κ3) is 3.82. The normalized spacial score (nSPS) is 13.1. The molecule has 0 spiro atoms. The van der Waals surface area contributed by atoms with E-state index in [1.54, 1.807) is 6.20 Å². The summed E-state index contributed by atoms with van der Waals surface area (Å²) in [6.45, 7) is 0. The van der Waals surface area contributed by atoms with Crippen LogP contribution in [0.1, 0.15) is 6.85 Å². The summed E-state index contributed by atoms with van der Waals surface area (Å²) in [7, 11) is 0. The highest BCUT2D eigenvalue weighted by atomic mass is 15.1. The van der Waals surface area contributed by atoms with E-state index in [9.17, 15) is 0 Å². The molecule has 2 aromatic heterocycles. The molecule has 3 nitrogen and oxygen atoms in total. The Morgan fingerprint density at radius 3 is 1.85 bits per heavy atom. The van der Waals surface area contributed by atoms with Gasteiger partial charge in [-0.25, -0.2) is 4.98 Å². The molecule has 3 heteroatoms. The second kappa shape index (κ2) is 9.58. The van der Waals surface area contributed by atoms with Crippen molar-refractivity contribution >= 4 is 32.6 Å². The topological polar surface area (TPSA) is 30.7 Å². The predicted molar refractivity (Wildman–Crippen MR) is 170 cm³/mol. The zero-order valence-electron chi connectivity index (χ0n) is 26.9. The quantitative estimate of drug-likeness (QED) is 0.213. The van der Waals surface area contributed by atoms with Crippen LogP contribution >= 0.6 is 0 Å². The second-order valence-electron chi connectivity index (χ2n) is 9.89. The molecule has 0 atom stereocenters. The molecule has 192 valence electrons. The largest absolute Gasteiger partial charge is 0.291 e. The van der Waals surface area contributed by atoms with Crippen molar-refractivity contribution < 1.29 is 6.85 Å². The summed E-state index contributed by atoms with van der Waals surface area (Å²) < 4.78 is 44.6. The van der Waals surface area contributed by atoms with Crippen LogP contribution in [0.2, 0.25) is 0 Å². The summed E-state index contributed by atoms with van der Waals surface area (Å²) >= 11 is 0. The maximum Gasteiger partial charge on any atom is 0.145 e. The zero-order chi connectivity index (χ0) is 31.5. The molecule has 0 aliphatic heterocycles. The fourth-order valence-corrected chi connectivity index (χ4v) is 5.80. The zero-order valence-corrected chi connectivity index (χ0v) is 21.9. The number of hydrogen-bond acceptors (Lipinski definition) is 2. The first-order valence-corrected chi connectivity index (χ1v) is 13.4. The Kier molecular flexibility index (Phi) is 4.37. The van der Waals surface area contributed by atoms with Crippen LogP contribution in [0, 0.1) is 0 Å². The molecular weight excluding hydrogens is 498 g/mol. The van der Waals surface area contributed by atoms with Crippen LogP contribution < -0.4 is 0 Å². The Hall–Kier alpha value is -5.54. The van der Waals surface area contributed by atoms with Gasteiger partial charge >= 0.3 is 0 Å². The minimum Gasteiger partial charge on any atom is -0.291 e. The summed E-state index contributed by atoms with van der Waals surface area (Å²) in [5.74, 6) is 0.294. The van der Waals surface area contributed by atoms with Gasteiger partial charge in [0.15, 0.2) is 0 Å². The molecule has 0 bridgehead atoms. The molecular formula is C38H25N3. The number of hydrogen-bond donors (Lipinski definition) is 0. The van der Waals surface area contributed by atoms with Crippen LogP contribution in [0.15, 0.2) is 152 Å². The number of para-hydroxylation sites is 2. The molecule has 41 heavy (non-hydrogen) atoms. The van der Waals surface area contributed by atoms with Crippen molar-refractivity contribution in [2.24, 2.45) is 0 Å². The molecule has 0 fully saturated rings. The number of nitrogens with zero attached hydrogens (tertiary/aromatic N) is 3. The molecule has 2 heterocycles. The fourth-order valence-electron chi connectivity index (χ4n) is 5.80. The standard InChI is InChI=1S/C38H25N3/c1-2-11-28(12-3-1)38-40-34-18-8-9-19-35(34)41(38)37-32-16-6-4-14-30(32)36(31-15-5-7-17-33(31)37)27-22-20-26(21-23-27)29-13-10-24-39-25-29/h1-25H/i1D,2D,3D,11D,12D. The summed E-state index contributed by atoms with van der Waals surface area (Å²) in [5, 5.41) is 3.94. The molecule has 0 N–H and O–H groups in total. The molecule has 0 aliphatic rings. The van der Waals surface area contributed by atoms with Crippen molar-refractivity contribution in [2.45, 2.75) is 0 Å². The summed E-state index contributed by atoms with van der Waals surface area (Å²) in [6.07, 6.45) is 3.63. The van der Waals surface area contributed by atoms with Gasteiger partial charge in [-0.15, -0.1) is 0 Å². The maximum atomic E-state index is 8.83. The molecule has 6 aromatic carbocycles. The van der Waals surface area contributed by atoms with E-state index < -0.39 is 18.1 Å². The summed E-state index contributed by atoms with van der Waals surface area (Å²) in [6, 6.07) is 34.8. The van der Waals surface area contributed by atoms with E-state index in [-0.39, 0.29) is 17.6 Å². The third-order valence-electron chi connectivity index (χ3n) is 7.58. The van der Waals surface area contributed by atoms with Crippen molar-refractivity contribution in [3.63, 3.8) is 0 Å². The minimum atomic E-state index is -0.434. The van der Waals surface area contributed by atoms with E-state index in [1.165, 1.54) is 0 Å². The highest BCUT2D eigenvalue weighted by molar-refractivity contribution is 6.19. The second-order valence-corrected chi connectivity index (χ2v) is 9.89. The van der Waals surface area contributed by atoms with Gasteiger partial charge in [0, 0.05) is 28.7 Å². The molecule has 0 aliphatic carbocycles. The minimum absolute atomic E-state index is 0.0606. The first-order valence-electron chi connectivity index (χ1n) is 15.9. The molecule has 8 aromatic rings. The lowest BCUT2D eigenvalue weighted by atomic mass is 9.89. The van der Waals surface area contributed by atoms with Gasteiger partial charge in [-0.3, -0.25) is 9.55 Å². The lowest BCUT2D eigenvalue weighted by molar-refractivity contribution is 1.13. The first kappa shape index (κ1) is 18.7. The first-order chi connectivity index (χ1) is 22.4. The van der Waals surface area contributed by atoms with Gasteiger partial charge in [-0.05, 0) is 51.2 Å². The van der Waals surface area contributed by atoms with Gasteiger partial charge in [-0.2, -0.15) is 0 Å². The van der Waals surface area contributed by atoms with Crippen LogP contribution in [0.4, 0.5) is 0 Å². The lowest BCUT2D eigenvalue weighted by Gasteiger charge is -2.20. The number of rotatable bonds is 4. The molecule has 0 saturated carbocycles. The average molecular weight is 529 g/mol. The van der Waals surface area contributed by atoms with Crippen LogP contribution in [0.5, 0.6) is 0 Å². The highest BCUT2D eigenvalue weighted by Gasteiger charge is 2.21. The van der Waals surface area contributed by atoms with E-state index in [0.717, 1.165) is 55.0 Å². The number of benzene rings is 6. The molecule has 0 unspecified atom stereocenters. The smallest absolute Gasteiger partial charge is 0.145 e. The highest BCUT2D eigenvalue weighted by Crippen LogP contribution is 2.43. The van der Waals surface area contributed by atoms with E-state index in [0.29, 0.717) is 11.3 Å². The van der Waals surface area contributed by atoms with Crippen LogP contribution in [-0.2, 0) is 0 Å². The lowest BCUT2D eigenvalue weighted by Crippen LogP contribution is -2.01. The van der Waals surface area contributed by atoms with Gasteiger partial charge in [0.1, 0.15) is 5.82 Å². The Morgan fingerprint density at radius 1 is 0.537 bits per heavy atom. The Balaban J connectivity index is 1.48. The van der Waals surface area contributed by atoms with Crippen molar-refractivity contribution in [2.75, 3.05) is 0 Å². The third-order valence-corrected chi connectivity index (χ3v) is 7.58. The molecule has 8 rings (SSSR count). The maximum absolute atomic E-state index is 8.83. The Labute approximate surface area is 245 Å². The van der Waals surface area contributed by atoms with Crippen molar-refractivity contribution in [1.29, 1.82) is 0 Å². The summed E-state index contributed by atoms with van der Waals surface area (Å²) in [4.78, 5) is 9.19. The number of aromatic nitrogens is 3. The van der Waals surface area contributed by atoms with Crippen LogP contribution in [0.25, 0.3) is 71.9 Å². The Bertz CT molecular complexity index is 2390. The number of pyridine rings is 1. The number of fused-ring (bicyclic) bond motifs is 3. The van der Waals surface area contributed by atoms with Gasteiger partial charge in [0.05, 0.1) is 23.6 Å². The van der Waals surface area contributed by atoms with E-state index in [1.807, 2.05) is 71.4 Å². The van der Waals surface area contributed by atoms with E-state index in [2.05, 4.69) is 53.5 Å². The van der Waals surface area contributed by atoms with Crippen LogP contribution in [0.3, 0.4) is 0 Å². The Morgan fingerprint density at radius 2 is 1.17 bits per heavy atom.